The van der Waals surface area contributed by atoms with Crippen LogP contribution in [0.15, 0.2) is 28.9 Å². The molecule has 1 amide bonds. The second kappa shape index (κ2) is 7.84. The predicted octanol–water partition coefficient (Wildman–Crippen LogP) is 2.87. The minimum atomic E-state index is -1.10. The van der Waals surface area contributed by atoms with Crippen molar-refractivity contribution in [3.05, 3.63) is 47.3 Å². The van der Waals surface area contributed by atoms with E-state index < -0.39 is 11.4 Å². The normalized spacial score (nSPS) is 19.6. The first-order valence-corrected chi connectivity index (χ1v) is 10.2. The maximum atomic E-state index is 13.9. The van der Waals surface area contributed by atoms with Crippen molar-refractivity contribution in [2.45, 2.75) is 58.2 Å². The number of aryl methyl sites for hydroxylation is 1. The topological polar surface area (TPSA) is 110 Å². The number of nitrogens with zero attached hydrogens (tertiary/aromatic N) is 6. The SMILES string of the molecule is Cc1noc(-c2cc(F)ccc2C(=O)N2C[C@H](n3ncc(C(C)(C)O)n3)CC[C@H]2C)n1. The molecular formula is C21H25FN6O3. The molecule has 3 aromatic rings. The lowest BCUT2D eigenvalue weighted by atomic mass is 9.97. The molecule has 0 bridgehead atoms. The van der Waals surface area contributed by atoms with Crippen LogP contribution in [0.4, 0.5) is 4.39 Å². The van der Waals surface area contributed by atoms with Crippen LogP contribution in [0.2, 0.25) is 0 Å². The third-order valence-corrected chi connectivity index (χ3v) is 5.55. The summed E-state index contributed by atoms with van der Waals surface area (Å²) >= 11 is 0. The Morgan fingerprint density at radius 1 is 1.32 bits per heavy atom. The summed E-state index contributed by atoms with van der Waals surface area (Å²) in [5.41, 5.74) is -0.0674. The first-order chi connectivity index (χ1) is 14.6. The standard InChI is InChI=1S/C21H25FN6O3/c1-12-5-7-15(28-23-10-18(25-28)21(3,4)30)11-27(12)20(29)16-8-6-14(22)9-17(16)19-24-13(2)26-31-19/h6,8-10,12,15,30H,5,7,11H2,1-4H3/t12-,15-/m1/s1. The van der Waals surface area contributed by atoms with Gasteiger partial charge in [0.05, 0.1) is 23.4 Å². The number of aliphatic hydroxyl groups is 1. The Labute approximate surface area is 178 Å². The van der Waals surface area contributed by atoms with Crippen molar-refractivity contribution in [3.63, 3.8) is 0 Å². The number of carbonyl (C=O) groups is 1. The lowest BCUT2D eigenvalue weighted by Gasteiger charge is -2.37. The van der Waals surface area contributed by atoms with Gasteiger partial charge in [-0.05, 0) is 58.7 Å². The minimum absolute atomic E-state index is 0.0182. The second-order valence-corrected chi connectivity index (χ2v) is 8.48. The van der Waals surface area contributed by atoms with Gasteiger partial charge in [-0.3, -0.25) is 4.79 Å². The van der Waals surface area contributed by atoms with E-state index in [0.717, 1.165) is 12.8 Å². The molecular weight excluding hydrogens is 403 g/mol. The zero-order chi connectivity index (χ0) is 22.3. The van der Waals surface area contributed by atoms with Crippen LogP contribution in [-0.4, -0.2) is 53.6 Å². The zero-order valence-electron chi connectivity index (χ0n) is 17.9. The molecule has 1 aliphatic rings. The molecule has 0 unspecified atom stereocenters. The van der Waals surface area contributed by atoms with E-state index in [0.29, 0.717) is 23.6 Å². The third-order valence-electron chi connectivity index (χ3n) is 5.55. The van der Waals surface area contributed by atoms with Gasteiger partial charge in [-0.25, -0.2) is 4.39 Å². The average Bonchev–Trinajstić information content (AvgIpc) is 3.37. The number of aromatic nitrogens is 5. The molecule has 0 radical (unpaired) electrons. The molecule has 1 saturated heterocycles. The Balaban J connectivity index is 1.63. The van der Waals surface area contributed by atoms with Gasteiger partial charge in [0.25, 0.3) is 11.8 Å². The van der Waals surface area contributed by atoms with Crippen LogP contribution in [0.25, 0.3) is 11.5 Å². The molecule has 1 N–H and O–H groups in total. The maximum Gasteiger partial charge on any atom is 0.258 e. The van der Waals surface area contributed by atoms with Crippen LogP contribution in [-0.2, 0) is 5.60 Å². The van der Waals surface area contributed by atoms with Gasteiger partial charge in [-0.2, -0.15) is 20.0 Å². The predicted molar refractivity (Wildman–Crippen MR) is 108 cm³/mol. The van der Waals surface area contributed by atoms with E-state index in [1.54, 1.807) is 36.7 Å². The summed E-state index contributed by atoms with van der Waals surface area (Å²) in [5.74, 6) is -0.244. The van der Waals surface area contributed by atoms with Crippen LogP contribution < -0.4 is 0 Å². The molecule has 2 atom stereocenters. The molecule has 31 heavy (non-hydrogen) atoms. The molecule has 0 spiro atoms. The van der Waals surface area contributed by atoms with E-state index in [1.165, 1.54) is 18.2 Å². The van der Waals surface area contributed by atoms with Gasteiger partial charge in [0.15, 0.2) is 5.82 Å². The fraction of sp³-hybridized carbons (Fsp3) is 0.476. The van der Waals surface area contributed by atoms with Gasteiger partial charge in [0.2, 0.25) is 0 Å². The number of amides is 1. The van der Waals surface area contributed by atoms with Crippen molar-refractivity contribution >= 4 is 5.91 Å². The molecule has 0 aliphatic carbocycles. The van der Waals surface area contributed by atoms with Crippen molar-refractivity contribution in [2.75, 3.05) is 6.54 Å². The summed E-state index contributed by atoms with van der Waals surface area (Å²) in [6.07, 6.45) is 3.09. The highest BCUT2D eigenvalue weighted by Gasteiger charge is 2.34. The quantitative estimate of drug-likeness (QED) is 0.680. The number of benzene rings is 1. The van der Waals surface area contributed by atoms with Gasteiger partial charge in [0, 0.05) is 12.6 Å². The number of rotatable bonds is 4. The van der Waals surface area contributed by atoms with Crippen LogP contribution in [0.5, 0.6) is 0 Å². The summed E-state index contributed by atoms with van der Waals surface area (Å²) in [4.78, 5) is 20.9. The number of piperidine rings is 1. The lowest BCUT2D eigenvalue weighted by molar-refractivity contribution is 0.0534. The Morgan fingerprint density at radius 3 is 2.74 bits per heavy atom. The fourth-order valence-electron chi connectivity index (χ4n) is 3.73. The summed E-state index contributed by atoms with van der Waals surface area (Å²) < 4.78 is 19.1. The lowest BCUT2D eigenvalue weighted by Crippen LogP contribution is -2.46. The second-order valence-electron chi connectivity index (χ2n) is 8.48. The molecule has 0 saturated carbocycles. The molecule has 9 nitrogen and oxygen atoms in total. The van der Waals surface area contributed by atoms with E-state index in [2.05, 4.69) is 20.3 Å². The van der Waals surface area contributed by atoms with Crippen LogP contribution in [0.1, 0.15) is 61.5 Å². The highest BCUT2D eigenvalue weighted by molar-refractivity contribution is 6.00. The zero-order valence-corrected chi connectivity index (χ0v) is 17.9. The highest BCUT2D eigenvalue weighted by Crippen LogP contribution is 2.30. The molecule has 1 aliphatic heterocycles. The third kappa shape index (κ3) is 4.20. The van der Waals surface area contributed by atoms with Crippen LogP contribution >= 0.6 is 0 Å². The summed E-state index contributed by atoms with van der Waals surface area (Å²) in [6.45, 7) is 7.32. The number of carbonyl (C=O) groups excluding carboxylic acids is 1. The van der Waals surface area contributed by atoms with Crippen molar-refractivity contribution < 1.29 is 18.8 Å². The largest absolute Gasteiger partial charge is 0.384 e. The first-order valence-electron chi connectivity index (χ1n) is 10.2. The van der Waals surface area contributed by atoms with Crippen molar-refractivity contribution in [1.29, 1.82) is 0 Å². The van der Waals surface area contributed by atoms with Crippen LogP contribution in [0, 0.1) is 12.7 Å². The van der Waals surface area contributed by atoms with Gasteiger partial charge in [0.1, 0.15) is 17.1 Å². The fourth-order valence-corrected chi connectivity index (χ4v) is 3.73. The number of hydrogen-bond acceptors (Lipinski definition) is 7. The average molecular weight is 428 g/mol. The minimum Gasteiger partial charge on any atom is -0.384 e. The Hall–Kier alpha value is -3.14. The number of likely N-dealkylation sites (tertiary alicyclic amines) is 1. The van der Waals surface area contributed by atoms with Gasteiger partial charge >= 0.3 is 0 Å². The van der Waals surface area contributed by atoms with E-state index >= 15 is 0 Å². The summed E-state index contributed by atoms with van der Waals surface area (Å²) in [6, 6.07) is 3.77. The number of hydrogen-bond donors (Lipinski definition) is 1. The van der Waals surface area contributed by atoms with E-state index in [9.17, 15) is 14.3 Å². The Morgan fingerprint density at radius 2 is 2.10 bits per heavy atom. The summed E-state index contributed by atoms with van der Waals surface area (Å²) in [5, 5.41) is 22.6. The smallest absolute Gasteiger partial charge is 0.258 e. The molecule has 3 heterocycles. The molecule has 164 valence electrons. The molecule has 10 heteroatoms. The Bertz CT molecular complexity index is 1100. The van der Waals surface area contributed by atoms with Crippen LogP contribution in [0.3, 0.4) is 0 Å². The first kappa shape index (κ1) is 21.1. The van der Waals surface area contributed by atoms with Gasteiger partial charge in [-0.1, -0.05) is 5.16 Å². The number of halogens is 1. The monoisotopic (exact) mass is 428 g/mol. The van der Waals surface area contributed by atoms with E-state index in [1.807, 2.05) is 6.92 Å². The maximum absolute atomic E-state index is 13.9. The molecule has 4 rings (SSSR count). The molecule has 2 aromatic heterocycles. The highest BCUT2D eigenvalue weighted by atomic mass is 19.1. The Kier molecular flexibility index (Phi) is 5.34. The van der Waals surface area contributed by atoms with E-state index in [-0.39, 0.29) is 29.4 Å². The van der Waals surface area contributed by atoms with Crippen molar-refractivity contribution in [2.24, 2.45) is 0 Å². The van der Waals surface area contributed by atoms with Crippen molar-refractivity contribution in [3.8, 4) is 11.5 Å². The molecule has 1 fully saturated rings. The van der Waals surface area contributed by atoms with E-state index in [4.69, 9.17) is 4.52 Å². The summed E-state index contributed by atoms with van der Waals surface area (Å²) in [7, 11) is 0. The molecule has 1 aromatic carbocycles. The van der Waals surface area contributed by atoms with Gasteiger partial charge < -0.3 is 14.5 Å². The van der Waals surface area contributed by atoms with Gasteiger partial charge in [-0.15, -0.1) is 0 Å². The van der Waals surface area contributed by atoms with Crippen molar-refractivity contribution in [1.82, 2.24) is 30.0 Å².